The predicted octanol–water partition coefficient (Wildman–Crippen LogP) is 11.5. The third-order valence-corrected chi connectivity index (χ3v) is 8.75. The van der Waals surface area contributed by atoms with E-state index >= 15 is 0 Å². The van der Waals surface area contributed by atoms with Gasteiger partial charge in [-0.2, -0.15) is 0 Å². The van der Waals surface area contributed by atoms with Gasteiger partial charge in [0.15, 0.2) is 0 Å². The number of nitrogens with zero attached hydrogens (tertiary/aromatic N) is 4. The normalized spacial score (nSPS) is 15.8. The highest BCUT2D eigenvalue weighted by Gasteiger charge is 2.22. The number of para-hydroxylation sites is 2. The van der Waals surface area contributed by atoms with Gasteiger partial charge in [0.2, 0.25) is 5.95 Å². The van der Waals surface area contributed by atoms with Crippen LogP contribution in [-0.4, -0.2) is 19.1 Å². The lowest BCUT2D eigenvalue weighted by Gasteiger charge is -2.13. The topological polar surface area (TPSA) is 35.6 Å². The maximum absolute atomic E-state index is 9.77. The van der Waals surface area contributed by atoms with E-state index in [9.17, 15) is 8.22 Å². The van der Waals surface area contributed by atoms with Crippen molar-refractivity contribution >= 4 is 54.5 Å². The molecule has 0 aliphatic heterocycles. The zero-order chi connectivity index (χ0) is 44.7. The van der Waals surface area contributed by atoms with Gasteiger partial charge in [0.1, 0.15) is 0 Å². The highest BCUT2D eigenvalue weighted by Crippen LogP contribution is 2.42. The molecule has 3 heterocycles. The second kappa shape index (κ2) is 10.8. The van der Waals surface area contributed by atoms with Gasteiger partial charge in [-0.25, -0.2) is 9.97 Å². The number of fused-ring (bicyclic) bond motifs is 8. The zero-order valence-corrected chi connectivity index (χ0v) is 25.8. The second-order valence-electron chi connectivity index (χ2n) is 11.6. The molecule has 3 aromatic heterocycles. The standard InChI is InChI=1S/C45H30N4/c1-29-20-23-33(24-21-29)48-38-18-10-8-16-34(38)42-40(48)26-27-41-43(42)35-17-9-11-19-39(35)49(41)45-46-37-25-22-32(30-12-4-2-5-13-30)28-36(37)44(47-45)31-14-6-3-7-15-31/h2-28H,1H3/i8D,9D,10D,11D,16D,17D,18D,19D,20D,21D,23D,24D,26D,27D. The number of hydrogen-bond acceptors (Lipinski definition) is 2. The van der Waals surface area contributed by atoms with Crippen LogP contribution in [0.15, 0.2) is 163 Å². The molecule has 0 aliphatic rings. The first-order valence-electron chi connectivity index (χ1n) is 22.5. The summed E-state index contributed by atoms with van der Waals surface area (Å²) in [5.41, 5.74) is 2.07. The van der Waals surface area contributed by atoms with Gasteiger partial charge in [0.05, 0.1) is 52.5 Å². The van der Waals surface area contributed by atoms with E-state index in [0.717, 1.165) is 15.7 Å². The fraction of sp³-hybridized carbons (Fsp3) is 0.0222. The quantitative estimate of drug-likeness (QED) is 0.192. The molecule has 0 amide bonds. The van der Waals surface area contributed by atoms with Gasteiger partial charge in [-0.3, -0.25) is 4.57 Å². The summed E-state index contributed by atoms with van der Waals surface area (Å²) < 4.78 is 130. The van der Waals surface area contributed by atoms with Gasteiger partial charge in [0, 0.05) is 38.2 Å². The molecule has 0 bridgehead atoms. The second-order valence-corrected chi connectivity index (χ2v) is 11.6. The third-order valence-electron chi connectivity index (χ3n) is 8.75. The van der Waals surface area contributed by atoms with Crippen LogP contribution in [0.5, 0.6) is 0 Å². The van der Waals surface area contributed by atoms with Gasteiger partial charge in [-0.05, 0) is 66.4 Å². The molecule has 0 spiro atoms. The lowest BCUT2D eigenvalue weighted by Crippen LogP contribution is -2.03. The van der Waals surface area contributed by atoms with E-state index in [4.69, 9.17) is 20.9 Å². The van der Waals surface area contributed by atoms with Crippen molar-refractivity contribution in [3.05, 3.63) is 169 Å². The predicted molar refractivity (Wildman–Crippen MR) is 204 cm³/mol. The molecule has 4 nitrogen and oxygen atoms in total. The van der Waals surface area contributed by atoms with Crippen LogP contribution >= 0.6 is 0 Å². The lowest BCUT2D eigenvalue weighted by molar-refractivity contribution is 1.01. The summed E-state index contributed by atoms with van der Waals surface area (Å²) in [5.74, 6) is -0.116. The third kappa shape index (κ3) is 4.24. The fourth-order valence-corrected chi connectivity index (χ4v) is 6.58. The largest absolute Gasteiger partial charge is 0.309 e. The lowest BCUT2D eigenvalue weighted by atomic mass is 10.0. The molecule has 49 heavy (non-hydrogen) atoms. The highest BCUT2D eigenvalue weighted by atomic mass is 15.2. The number of aromatic nitrogens is 4. The summed E-state index contributed by atoms with van der Waals surface area (Å²) in [4.78, 5) is 10.1. The number of rotatable bonds is 4. The molecule has 4 heteroatoms. The Balaban J connectivity index is 1.47. The molecule has 0 saturated carbocycles. The first kappa shape index (κ1) is 17.0. The van der Waals surface area contributed by atoms with Crippen LogP contribution in [0.1, 0.15) is 24.8 Å². The smallest absolute Gasteiger partial charge is 0.235 e. The molecule has 0 saturated heterocycles. The molecule has 0 radical (unpaired) electrons. The van der Waals surface area contributed by atoms with E-state index in [1.54, 1.807) is 6.07 Å². The average molecular weight is 641 g/mol. The molecular formula is C45H30N4. The molecule has 10 aromatic rings. The van der Waals surface area contributed by atoms with Gasteiger partial charge in [0.25, 0.3) is 0 Å². The van der Waals surface area contributed by atoms with Crippen LogP contribution < -0.4 is 0 Å². The Bertz CT molecular complexity index is 3650. The van der Waals surface area contributed by atoms with Crippen molar-refractivity contribution in [2.45, 2.75) is 6.92 Å². The van der Waals surface area contributed by atoms with Crippen molar-refractivity contribution in [3.63, 3.8) is 0 Å². The van der Waals surface area contributed by atoms with E-state index in [1.807, 2.05) is 72.8 Å². The van der Waals surface area contributed by atoms with Crippen LogP contribution in [0, 0.1) is 6.92 Å². The SMILES string of the molecule is [2H]c1c([2H])c(-n2c3c([2H])c([2H])c([2H])c([2H])c3c3c4c5c([2H])c([2H])c([2H])c([2H])c5n(-c5nc(-c6ccccc6)c6cc(-c7ccccc7)ccc6n5)c4c([2H])c([2H])c32)c([2H])c([2H])c1C. The number of benzene rings is 7. The summed E-state index contributed by atoms with van der Waals surface area (Å²) in [7, 11) is 0. The zero-order valence-electron chi connectivity index (χ0n) is 39.8. The minimum atomic E-state index is -0.689. The Morgan fingerprint density at radius 2 is 1.08 bits per heavy atom. The maximum Gasteiger partial charge on any atom is 0.235 e. The van der Waals surface area contributed by atoms with Crippen molar-refractivity contribution in [1.82, 2.24) is 19.1 Å². The summed E-state index contributed by atoms with van der Waals surface area (Å²) in [5, 5.41) is 0.0510. The Labute approximate surface area is 302 Å². The van der Waals surface area contributed by atoms with E-state index in [1.165, 1.54) is 11.5 Å². The van der Waals surface area contributed by atoms with Crippen LogP contribution in [-0.2, 0) is 0 Å². The van der Waals surface area contributed by atoms with Crippen LogP contribution in [0.3, 0.4) is 0 Å². The Morgan fingerprint density at radius 1 is 0.490 bits per heavy atom. The molecule has 0 aliphatic carbocycles. The van der Waals surface area contributed by atoms with Gasteiger partial charge >= 0.3 is 0 Å². The first-order valence-corrected chi connectivity index (χ1v) is 15.5. The average Bonchev–Trinajstić information content (AvgIpc) is 3.84. The van der Waals surface area contributed by atoms with Gasteiger partial charge < -0.3 is 4.57 Å². The van der Waals surface area contributed by atoms with E-state index in [2.05, 4.69) is 0 Å². The van der Waals surface area contributed by atoms with Crippen molar-refractivity contribution in [3.8, 4) is 34.0 Å². The molecule has 0 fully saturated rings. The summed E-state index contributed by atoms with van der Waals surface area (Å²) in [6.45, 7) is 1.41. The van der Waals surface area contributed by atoms with Crippen LogP contribution in [0.2, 0.25) is 0 Å². The molecular weight excluding hydrogens is 597 g/mol. The molecule has 0 atom stereocenters. The fourth-order valence-electron chi connectivity index (χ4n) is 6.58. The molecule has 0 N–H and O–H groups in total. The van der Waals surface area contributed by atoms with Crippen LogP contribution in [0.4, 0.5) is 0 Å². The van der Waals surface area contributed by atoms with Gasteiger partial charge in [-0.1, -0.05) is 121 Å². The van der Waals surface area contributed by atoms with Crippen molar-refractivity contribution < 1.29 is 19.2 Å². The van der Waals surface area contributed by atoms with Crippen molar-refractivity contribution in [2.24, 2.45) is 0 Å². The van der Waals surface area contributed by atoms with Gasteiger partial charge in [-0.15, -0.1) is 0 Å². The maximum atomic E-state index is 9.77. The minimum absolute atomic E-state index is 0.0201. The highest BCUT2D eigenvalue weighted by molar-refractivity contribution is 6.28. The molecule has 10 rings (SSSR count). The van der Waals surface area contributed by atoms with Crippen molar-refractivity contribution in [2.75, 3.05) is 0 Å². The molecule has 0 unspecified atom stereocenters. The summed E-state index contributed by atoms with van der Waals surface area (Å²) >= 11 is 0. The minimum Gasteiger partial charge on any atom is -0.309 e. The Hall–Kier alpha value is -6.52. The van der Waals surface area contributed by atoms with Crippen molar-refractivity contribution in [1.29, 1.82) is 0 Å². The number of hydrogen-bond donors (Lipinski definition) is 0. The summed E-state index contributed by atoms with van der Waals surface area (Å²) in [6, 6.07) is 16.6. The summed E-state index contributed by atoms with van der Waals surface area (Å²) in [6.07, 6.45) is 0. The van der Waals surface area contributed by atoms with E-state index in [0.29, 0.717) is 22.2 Å². The Kier molecular flexibility index (Phi) is 3.74. The van der Waals surface area contributed by atoms with E-state index < -0.39 is 90.3 Å². The van der Waals surface area contributed by atoms with E-state index in [-0.39, 0.29) is 55.1 Å². The monoisotopic (exact) mass is 640 g/mol. The molecule has 7 aromatic carbocycles. The molecule has 230 valence electrons. The van der Waals surface area contributed by atoms with Crippen LogP contribution in [0.25, 0.3) is 88.5 Å². The first-order chi connectivity index (χ1) is 30.1. The Morgan fingerprint density at radius 3 is 1.76 bits per heavy atom.